The molecule has 2 aromatic carbocycles. The average Bonchev–Trinajstić information content (AvgIpc) is 2.80. The van der Waals surface area contributed by atoms with Gasteiger partial charge in [-0.1, -0.05) is 67.1 Å². The number of aliphatic imine (C=N–C) groups is 1. The molecule has 4 rings (SSSR count). The Kier molecular flexibility index (Phi) is 5.97. The van der Waals surface area contributed by atoms with Gasteiger partial charge in [-0.3, -0.25) is 14.6 Å². The fourth-order valence-corrected chi connectivity index (χ4v) is 4.88. The second kappa shape index (κ2) is 8.83. The summed E-state index contributed by atoms with van der Waals surface area (Å²) in [6, 6.07) is 20.7. The molecule has 1 aliphatic carbocycles. The first kappa shape index (κ1) is 21.0. The molecule has 1 heterocycles. The monoisotopic (exact) mass is 415 g/mol. The first-order valence-electron chi connectivity index (χ1n) is 10.7. The summed E-state index contributed by atoms with van der Waals surface area (Å²) in [7, 11) is 0. The van der Waals surface area contributed by atoms with Gasteiger partial charge in [0.05, 0.1) is 12.2 Å². The summed E-state index contributed by atoms with van der Waals surface area (Å²) in [5.41, 5.74) is 0.134. The molecule has 2 aliphatic rings. The number of amidine groups is 1. The summed E-state index contributed by atoms with van der Waals surface area (Å²) in [4.78, 5) is 30.9. The highest BCUT2D eigenvalue weighted by molar-refractivity contribution is 6.17. The second-order valence-corrected chi connectivity index (χ2v) is 8.20. The fraction of sp³-hybridized carbons (Fsp3) is 0.360. The zero-order valence-electron chi connectivity index (χ0n) is 17.2. The van der Waals surface area contributed by atoms with E-state index in [2.05, 4.69) is 16.4 Å². The SMILES string of the molecule is N#C[C@@]12C(=NCCc3ccccc3)NC(=O)[C@@H](C(=O)c3ccccc3)[C@H]1CCC[C@H]2O. The number of nitrogens with zero attached hydrogens (tertiary/aromatic N) is 2. The third-order valence-corrected chi connectivity index (χ3v) is 6.46. The molecule has 2 N–H and O–H groups in total. The summed E-state index contributed by atoms with van der Waals surface area (Å²) in [5, 5.41) is 23.9. The molecule has 6 heteroatoms. The van der Waals surface area contributed by atoms with Crippen LogP contribution < -0.4 is 5.32 Å². The van der Waals surface area contributed by atoms with E-state index in [9.17, 15) is 20.0 Å². The van der Waals surface area contributed by atoms with Crippen molar-refractivity contribution >= 4 is 17.5 Å². The summed E-state index contributed by atoms with van der Waals surface area (Å²) in [5.74, 6) is -2.20. The molecule has 158 valence electrons. The smallest absolute Gasteiger partial charge is 0.236 e. The van der Waals surface area contributed by atoms with Crippen molar-refractivity contribution in [3.05, 3.63) is 71.8 Å². The van der Waals surface area contributed by atoms with Crippen LogP contribution in [0.25, 0.3) is 0 Å². The number of aliphatic hydroxyl groups excluding tert-OH is 1. The number of carbonyl (C=O) groups is 2. The lowest BCUT2D eigenvalue weighted by Crippen LogP contribution is -2.65. The Labute approximate surface area is 181 Å². The van der Waals surface area contributed by atoms with Crippen molar-refractivity contribution in [3.63, 3.8) is 0 Å². The van der Waals surface area contributed by atoms with Gasteiger partial charge < -0.3 is 10.4 Å². The van der Waals surface area contributed by atoms with Gasteiger partial charge in [0.25, 0.3) is 0 Å². The van der Waals surface area contributed by atoms with Crippen LogP contribution in [-0.2, 0) is 11.2 Å². The van der Waals surface area contributed by atoms with Crippen LogP contribution >= 0.6 is 0 Å². The van der Waals surface area contributed by atoms with E-state index in [0.717, 1.165) is 5.56 Å². The Morgan fingerprint density at radius 1 is 1.13 bits per heavy atom. The van der Waals surface area contributed by atoms with Crippen LogP contribution in [0.15, 0.2) is 65.7 Å². The van der Waals surface area contributed by atoms with E-state index >= 15 is 0 Å². The largest absolute Gasteiger partial charge is 0.391 e. The van der Waals surface area contributed by atoms with E-state index in [-0.39, 0.29) is 11.6 Å². The maximum Gasteiger partial charge on any atom is 0.236 e. The van der Waals surface area contributed by atoms with Crippen molar-refractivity contribution in [1.29, 1.82) is 5.26 Å². The minimum atomic E-state index is -1.39. The van der Waals surface area contributed by atoms with Gasteiger partial charge in [0.15, 0.2) is 5.78 Å². The van der Waals surface area contributed by atoms with E-state index < -0.39 is 29.3 Å². The predicted octanol–water partition coefficient (Wildman–Crippen LogP) is 2.93. The van der Waals surface area contributed by atoms with Gasteiger partial charge in [-0.15, -0.1) is 0 Å². The Balaban J connectivity index is 1.68. The van der Waals surface area contributed by atoms with Crippen LogP contribution in [0.1, 0.15) is 35.2 Å². The second-order valence-electron chi connectivity index (χ2n) is 8.20. The third kappa shape index (κ3) is 3.77. The third-order valence-electron chi connectivity index (χ3n) is 6.46. The lowest BCUT2D eigenvalue weighted by atomic mass is 9.57. The molecule has 0 radical (unpaired) electrons. The topological polar surface area (TPSA) is 103 Å². The highest BCUT2D eigenvalue weighted by Crippen LogP contribution is 2.48. The molecule has 1 saturated carbocycles. The number of ketones is 1. The summed E-state index contributed by atoms with van der Waals surface area (Å²) < 4.78 is 0. The number of fused-ring (bicyclic) bond motifs is 1. The van der Waals surface area contributed by atoms with Gasteiger partial charge in [0.2, 0.25) is 5.91 Å². The molecule has 4 atom stereocenters. The minimum Gasteiger partial charge on any atom is -0.391 e. The van der Waals surface area contributed by atoms with E-state index in [0.29, 0.717) is 37.8 Å². The van der Waals surface area contributed by atoms with Crippen molar-refractivity contribution in [3.8, 4) is 6.07 Å². The molecular formula is C25H25N3O3. The fourth-order valence-electron chi connectivity index (χ4n) is 4.88. The zero-order chi connectivity index (χ0) is 21.8. The van der Waals surface area contributed by atoms with Crippen LogP contribution in [0.5, 0.6) is 0 Å². The first-order chi connectivity index (χ1) is 15.1. The number of piperidine rings is 1. The highest BCUT2D eigenvalue weighted by atomic mass is 16.3. The van der Waals surface area contributed by atoms with Crippen LogP contribution in [-0.4, -0.2) is 35.3 Å². The Bertz CT molecular complexity index is 1030. The van der Waals surface area contributed by atoms with Crippen LogP contribution in [0, 0.1) is 28.6 Å². The van der Waals surface area contributed by atoms with Crippen molar-refractivity contribution < 1.29 is 14.7 Å². The normalized spacial score (nSPS) is 29.0. The van der Waals surface area contributed by atoms with Crippen LogP contribution in [0.4, 0.5) is 0 Å². The highest BCUT2D eigenvalue weighted by Gasteiger charge is 2.60. The molecule has 6 nitrogen and oxygen atoms in total. The van der Waals surface area contributed by atoms with Gasteiger partial charge in [-0.05, 0) is 24.8 Å². The standard InChI is InChI=1S/C25H25N3O3/c26-16-25-19(12-7-13-20(25)29)21(22(30)18-10-5-2-6-11-18)23(31)28-24(25)27-15-14-17-8-3-1-4-9-17/h1-6,8-11,19-21,29H,7,12-15H2,(H,27,28,31)/t19-,20-,21-,25-/m1/s1. The number of nitrogens with one attached hydrogen (secondary N) is 1. The lowest BCUT2D eigenvalue weighted by molar-refractivity contribution is -0.128. The molecule has 0 unspecified atom stereocenters. The van der Waals surface area contributed by atoms with Gasteiger partial charge >= 0.3 is 0 Å². The zero-order valence-corrected chi connectivity index (χ0v) is 17.2. The molecular weight excluding hydrogens is 390 g/mol. The molecule has 1 amide bonds. The van der Waals surface area contributed by atoms with Crippen molar-refractivity contribution in [1.82, 2.24) is 5.32 Å². The number of rotatable bonds is 5. The molecule has 0 aromatic heterocycles. The molecule has 1 saturated heterocycles. The molecule has 31 heavy (non-hydrogen) atoms. The number of nitriles is 1. The molecule has 1 aliphatic heterocycles. The Morgan fingerprint density at radius 2 is 1.81 bits per heavy atom. The van der Waals surface area contributed by atoms with Crippen LogP contribution in [0.2, 0.25) is 0 Å². The number of hydrogen-bond acceptors (Lipinski definition) is 5. The number of hydrogen-bond donors (Lipinski definition) is 2. The van der Waals surface area contributed by atoms with Crippen molar-refractivity contribution in [2.45, 2.75) is 31.8 Å². The van der Waals surface area contributed by atoms with Crippen molar-refractivity contribution in [2.75, 3.05) is 6.54 Å². The maximum atomic E-state index is 13.2. The molecule has 0 bridgehead atoms. The van der Waals surface area contributed by atoms with E-state index in [1.54, 1.807) is 30.3 Å². The molecule has 2 aromatic rings. The first-order valence-corrected chi connectivity index (χ1v) is 10.7. The van der Waals surface area contributed by atoms with E-state index in [1.807, 2.05) is 30.3 Å². The summed E-state index contributed by atoms with van der Waals surface area (Å²) in [6.07, 6.45) is 1.26. The number of carbonyl (C=O) groups excluding carboxylic acids is 2. The minimum absolute atomic E-state index is 0.199. The Morgan fingerprint density at radius 3 is 2.48 bits per heavy atom. The lowest BCUT2D eigenvalue weighted by Gasteiger charge is -2.48. The maximum absolute atomic E-state index is 13.2. The average molecular weight is 415 g/mol. The van der Waals surface area contributed by atoms with Gasteiger partial charge in [0, 0.05) is 18.0 Å². The van der Waals surface area contributed by atoms with Gasteiger partial charge in [-0.2, -0.15) is 5.26 Å². The van der Waals surface area contributed by atoms with E-state index in [1.165, 1.54) is 0 Å². The summed E-state index contributed by atoms with van der Waals surface area (Å²) in [6.45, 7) is 0.375. The Hall–Kier alpha value is -3.30. The van der Waals surface area contributed by atoms with Gasteiger partial charge in [-0.25, -0.2) is 0 Å². The molecule has 0 spiro atoms. The van der Waals surface area contributed by atoms with Crippen molar-refractivity contribution in [2.24, 2.45) is 22.2 Å². The number of aliphatic hydroxyl groups is 1. The quantitative estimate of drug-likeness (QED) is 0.579. The van der Waals surface area contributed by atoms with Gasteiger partial charge in [0.1, 0.15) is 17.2 Å². The van der Waals surface area contributed by atoms with E-state index in [4.69, 9.17) is 0 Å². The molecule has 2 fully saturated rings. The predicted molar refractivity (Wildman–Crippen MR) is 116 cm³/mol. The number of Topliss-reactive ketones (excluding diaryl/α,β-unsaturated/α-hetero) is 1. The summed E-state index contributed by atoms with van der Waals surface area (Å²) >= 11 is 0. The number of amides is 1. The number of benzene rings is 2. The van der Waals surface area contributed by atoms with Crippen LogP contribution in [0.3, 0.4) is 0 Å².